The summed E-state index contributed by atoms with van der Waals surface area (Å²) in [5, 5.41) is 19.2. The van der Waals surface area contributed by atoms with Crippen molar-refractivity contribution in [2.75, 3.05) is 26.2 Å². The molecule has 0 spiro atoms. The van der Waals surface area contributed by atoms with Gasteiger partial charge in [-0.15, -0.1) is 0 Å². The topological polar surface area (TPSA) is 242 Å². The molecule has 2 aromatic rings. The number of H-pyrrole nitrogens is 1. The van der Waals surface area contributed by atoms with Crippen molar-refractivity contribution in [3.05, 3.63) is 36.0 Å². The number of carbonyl (C=O) groups is 6. The van der Waals surface area contributed by atoms with Crippen LogP contribution in [-0.2, 0) is 20.8 Å². The van der Waals surface area contributed by atoms with Gasteiger partial charge in [0.05, 0.1) is 0 Å². The van der Waals surface area contributed by atoms with Gasteiger partial charge in [0.25, 0.3) is 0 Å². The molecule has 6 atom stereocenters. The van der Waals surface area contributed by atoms with E-state index in [9.17, 15) is 28.8 Å². The number of benzene rings is 1. The number of unbranched alkanes of at least 4 members (excludes halogenated alkanes) is 2. The number of aromatic amines is 1. The predicted octanol–water partition coefficient (Wildman–Crippen LogP) is 8.43. The van der Waals surface area contributed by atoms with Gasteiger partial charge < -0.3 is 48.4 Å². The molecule has 1 aromatic carbocycles. The Morgan fingerprint density at radius 2 is 1.03 bits per heavy atom. The number of nitrogens with two attached hydrogens (primary N) is 2. The summed E-state index contributed by atoms with van der Waals surface area (Å²) in [4.78, 5) is 82.3. The Hall–Kier alpha value is -4.50. The van der Waals surface area contributed by atoms with Crippen molar-refractivity contribution in [3.8, 4) is 0 Å². The zero-order chi connectivity index (χ0) is 50.6. The number of Topliss-reactive ketones (excluding diaryl/α,β-unsaturated/α-hetero) is 3. The highest BCUT2D eigenvalue weighted by atomic mass is 16.2. The molecule has 15 nitrogen and oxygen atoms in total. The lowest BCUT2D eigenvalue weighted by Crippen LogP contribution is -2.46. The largest absolute Gasteiger partial charge is 0.361 e. The van der Waals surface area contributed by atoms with Crippen LogP contribution in [0.3, 0.4) is 0 Å². The number of amides is 6. The van der Waals surface area contributed by atoms with E-state index in [1.807, 2.05) is 65.9 Å². The number of urea groups is 3. The minimum Gasteiger partial charge on any atom is -0.361 e. The van der Waals surface area contributed by atoms with E-state index < -0.39 is 0 Å². The molecule has 68 heavy (non-hydrogen) atoms. The lowest BCUT2D eigenvalue weighted by atomic mass is 9.90. The van der Waals surface area contributed by atoms with Crippen molar-refractivity contribution in [2.24, 2.45) is 47.0 Å². The third-order valence-corrected chi connectivity index (χ3v) is 13.3. The molecule has 0 saturated carbocycles. The summed E-state index contributed by atoms with van der Waals surface area (Å²) < 4.78 is 0. The highest BCUT2D eigenvalue weighted by Gasteiger charge is 2.24. The number of nitrogens with one attached hydrogen (secondary N) is 7. The average molecular weight is 952 g/mol. The van der Waals surface area contributed by atoms with Crippen molar-refractivity contribution < 1.29 is 28.8 Å². The Morgan fingerprint density at radius 1 is 0.544 bits per heavy atom. The Morgan fingerprint density at radius 3 is 1.53 bits per heavy atom. The lowest BCUT2D eigenvalue weighted by Gasteiger charge is -2.25. The van der Waals surface area contributed by atoms with Gasteiger partial charge in [-0.1, -0.05) is 79.5 Å². The maximum absolute atomic E-state index is 13.6. The summed E-state index contributed by atoms with van der Waals surface area (Å²) in [5.41, 5.74) is 13.7. The number of hydrogen-bond acceptors (Lipinski definition) is 8. The second-order valence-electron chi connectivity index (χ2n) is 20.8. The fourth-order valence-corrected chi connectivity index (χ4v) is 8.56. The molecule has 0 unspecified atom stereocenters. The molecule has 1 heterocycles. The minimum absolute atomic E-state index is 0.00874. The molecule has 11 N–H and O–H groups in total. The highest BCUT2D eigenvalue weighted by Crippen LogP contribution is 2.23. The van der Waals surface area contributed by atoms with Gasteiger partial charge in [-0.25, -0.2) is 14.4 Å². The molecule has 386 valence electrons. The average Bonchev–Trinajstić information content (AvgIpc) is 3.68. The Balaban J connectivity index is 1.99. The molecule has 0 aliphatic carbocycles. The summed E-state index contributed by atoms with van der Waals surface area (Å²) in [6.45, 7) is 20.0. The van der Waals surface area contributed by atoms with Crippen molar-refractivity contribution in [1.82, 2.24) is 36.9 Å². The maximum atomic E-state index is 13.6. The Labute approximate surface area is 409 Å². The SMILES string of the molecule is CC(C)NC(=O)N[C@H](CCC(=O)C[C@@H](CCCCN)CNC(=O)N[C@H](CCC(=O)C[C@@H](CCCCN)CNC(=O)N[C@H](CCC(=O)C[C@H](C)C(C)C)Cc1c[nH]c2ccccc12)C(C)C)C(C)C. The van der Waals surface area contributed by atoms with Gasteiger partial charge in [0, 0.05) is 92.9 Å². The molecular formula is C53H93N9O6. The third kappa shape index (κ3) is 25.2. The van der Waals surface area contributed by atoms with Crippen molar-refractivity contribution in [3.63, 3.8) is 0 Å². The van der Waals surface area contributed by atoms with Gasteiger partial charge in [-0.2, -0.15) is 0 Å². The molecule has 0 bridgehead atoms. The lowest BCUT2D eigenvalue weighted by molar-refractivity contribution is -0.121. The van der Waals surface area contributed by atoms with Crippen LogP contribution in [-0.4, -0.2) is 90.8 Å². The summed E-state index contributed by atoms with van der Waals surface area (Å²) in [7, 11) is 0. The van der Waals surface area contributed by atoms with Crippen LogP contribution in [0.5, 0.6) is 0 Å². The number of ketones is 3. The van der Waals surface area contributed by atoms with Crippen LogP contribution in [0.2, 0.25) is 0 Å². The predicted molar refractivity (Wildman–Crippen MR) is 276 cm³/mol. The van der Waals surface area contributed by atoms with E-state index in [4.69, 9.17) is 11.5 Å². The molecule has 0 saturated heterocycles. The van der Waals surface area contributed by atoms with E-state index in [1.165, 1.54) is 0 Å². The molecule has 0 aliphatic rings. The van der Waals surface area contributed by atoms with E-state index in [0.717, 1.165) is 55.0 Å². The van der Waals surface area contributed by atoms with Crippen LogP contribution in [0.4, 0.5) is 14.4 Å². The minimum atomic E-state index is -0.333. The molecule has 2 rings (SSSR count). The first-order valence-corrected chi connectivity index (χ1v) is 26.0. The van der Waals surface area contributed by atoms with E-state index in [0.29, 0.717) is 89.9 Å². The van der Waals surface area contributed by atoms with Crippen LogP contribution in [0.25, 0.3) is 10.9 Å². The molecule has 0 radical (unpaired) electrons. The first-order chi connectivity index (χ1) is 32.3. The van der Waals surface area contributed by atoms with Crippen LogP contribution < -0.4 is 43.4 Å². The number of rotatable bonds is 36. The smallest absolute Gasteiger partial charge is 0.315 e. The van der Waals surface area contributed by atoms with Crippen LogP contribution in [0.15, 0.2) is 30.5 Å². The van der Waals surface area contributed by atoms with E-state index in [1.54, 1.807) is 0 Å². The second-order valence-corrected chi connectivity index (χ2v) is 20.8. The third-order valence-electron chi connectivity index (χ3n) is 13.3. The fraction of sp³-hybridized carbons (Fsp3) is 0.736. The first-order valence-electron chi connectivity index (χ1n) is 26.0. The summed E-state index contributed by atoms with van der Waals surface area (Å²) >= 11 is 0. The Bertz CT molecular complexity index is 1800. The number of fused-ring (bicyclic) bond motifs is 1. The summed E-state index contributed by atoms with van der Waals surface area (Å²) in [6, 6.07) is 6.51. The van der Waals surface area contributed by atoms with Gasteiger partial charge >= 0.3 is 18.1 Å². The standard InChI is InChI=1S/C53H93N9O6/c1-35(2)39(9)28-44(63)21-20-43(31-42-34-56-50-19-11-10-18-47(42)50)60-51(66)57-32-40(16-12-14-26-54)29-45(64)22-24-48(36(3)4)61-52(67)58-33-41(17-13-15-27-55)30-46(65)23-25-49(37(5)6)62-53(68)59-38(7)8/h10-11,18-19,34-41,43,48-49,56H,12-17,20-33,54-55H2,1-9H3,(H2,57,60,66)(H2,58,61,67)(H2,59,62,68)/t39-,40+,41+,43+,48+,49+/m0/s1. The summed E-state index contributed by atoms with van der Waals surface area (Å²) in [6.07, 6.45) is 11.0. The molecule has 0 aliphatic heterocycles. The van der Waals surface area contributed by atoms with E-state index >= 15 is 0 Å². The van der Waals surface area contributed by atoms with Gasteiger partial charge in [0.15, 0.2) is 0 Å². The zero-order valence-electron chi connectivity index (χ0n) is 43.4. The molecular weight excluding hydrogens is 859 g/mol. The van der Waals surface area contributed by atoms with E-state index in [-0.39, 0.29) is 95.6 Å². The number of hydrogen-bond donors (Lipinski definition) is 9. The maximum Gasteiger partial charge on any atom is 0.315 e. The molecule has 1 aromatic heterocycles. The zero-order valence-corrected chi connectivity index (χ0v) is 43.4. The van der Waals surface area contributed by atoms with Crippen molar-refractivity contribution >= 4 is 46.3 Å². The second kappa shape index (κ2) is 33.1. The van der Waals surface area contributed by atoms with E-state index in [2.05, 4.69) is 63.7 Å². The first kappa shape index (κ1) is 59.6. The van der Waals surface area contributed by atoms with Gasteiger partial charge in [-0.05, 0) is 125 Å². The molecule has 15 heteroatoms. The number of carbonyl (C=O) groups excluding carboxylic acids is 6. The number of aromatic nitrogens is 1. The van der Waals surface area contributed by atoms with Crippen molar-refractivity contribution in [1.29, 1.82) is 0 Å². The molecule has 0 fully saturated rings. The highest BCUT2D eigenvalue weighted by molar-refractivity contribution is 5.84. The van der Waals surface area contributed by atoms with Crippen LogP contribution >= 0.6 is 0 Å². The van der Waals surface area contributed by atoms with Crippen molar-refractivity contribution in [2.45, 2.75) is 189 Å². The summed E-state index contributed by atoms with van der Waals surface area (Å²) in [5.74, 6) is 1.15. The monoisotopic (exact) mass is 952 g/mol. The van der Waals surface area contributed by atoms with Gasteiger partial charge in [0.1, 0.15) is 17.3 Å². The quantitative estimate of drug-likeness (QED) is 0.0300. The molecule has 6 amide bonds. The van der Waals surface area contributed by atoms with Gasteiger partial charge in [-0.3, -0.25) is 14.4 Å². The Kier molecular flexibility index (Phi) is 29.0. The number of para-hydroxylation sites is 1. The van der Waals surface area contributed by atoms with Gasteiger partial charge in [0.2, 0.25) is 0 Å². The van der Waals surface area contributed by atoms with Crippen LogP contribution in [0.1, 0.15) is 164 Å². The van der Waals surface area contributed by atoms with Crippen LogP contribution in [0, 0.1) is 35.5 Å². The fourth-order valence-electron chi connectivity index (χ4n) is 8.56. The normalized spacial score (nSPS) is 14.3.